The number of hydrogen-bond acceptors (Lipinski definition) is 3. The Morgan fingerprint density at radius 3 is 2.59 bits per heavy atom. The Kier molecular flexibility index (Phi) is 6.37. The summed E-state index contributed by atoms with van der Waals surface area (Å²) in [5.41, 5.74) is 2.30. The maximum atomic E-state index is 5.61. The van der Waals surface area contributed by atoms with Crippen molar-refractivity contribution in [3.05, 3.63) is 42.0 Å². The molecule has 17 heavy (non-hydrogen) atoms. The van der Waals surface area contributed by atoms with Gasteiger partial charge in [-0.1, -0.05) is 18.7 Å². The maximum absolute atomic E-state index is 5.61. The summed E-state index contributed by atoms with van der Waals surface area (Å²) >= 11 is 0. The minimum Gasteiger partial charge on any atom is -0.489 e. The van der Waals surface area contributed by atoms with Crippen LogP contribution >= 0.6 is 0 Å². The van der Waals surface area contributed by atoms with E-state index in [0.29, 0.717) is 6.61 Å². The van der Waals surface area contributed by atoms with Gasteiger partial charge in [0.2, 0.25) is 0 Å². The summed E-state index contributed by atoms with van der Waals surface area (Å²) in [5, 5.41) is 3.04. The summed E-state index contributed by atoms with van der Waals surface area (Å²) in [6.07, 6.45) is 0.934. The number of hydrogen-bond donors (Lipinski definition) is 1. The second-order valence-electron chi connectivity index (χ2n) is 3.96. The van der Waals surface area contributed by atoms with E-state index >= 15 is 0 Å². The SMILES string of the molecule is C=C(CNC)COc1ccc(CCOC)cc1. The summed E-state index contributed by atoms with van der Waals surface area (Å²) in [4.78, 5) is 0. The average molecular weight is 235 g/mol. The van der Waals surface area contributed by atoms with Gasteiger partial charge in [-0.15, -0.1) is 0 Å². The zero-order valence-electron chi connectivity index (χ0n) is 10.7. The molecule has 0 amide bonds. The highest BCUT2D eigenvalue weighted by Crippen LogP contribution is 2.13. The van der Waals surface area contributed by atoms with Crippen LogP contribution in [-0.4, -0.2) is 33.9 Å². The first-order valence-electron chi connectivity index (χ1n) is 5.78. The molecule has 0 spiro atoms. The molecule has 0 heterocycles. The Labute approximate surface area is 103 Å². The average Bonchev–Trinajstić information content (AvgIpc) is 2.35. The van der Waals surface area contributed by atoms with E-state index in [1.165, 1.54) is 5.56 Å². The highest BCUT2D eigenvalue weighted by atomic mass is 16.5. The molecule has 0 bridgehead atoms. The molecular weight excluding hydrogens is 214 g/mol. The predicted molar refractivity (Wildman–Crippen MR) is 70.6 cm³/mol. The van der Waals surface area contributed by atoms with Crippen LogP contribution < -0.4 is 10.1 Å². The molecule has 1 N–H and O–H groups in total. The van der Waals surface area contributed by atoms with Gasteiger partial charge in [-0.05, 0) is 36.7 Å². The Balaban J connectivity index is 2.37. The van der Waals surface area contributed by atoms with E-state index in [2.05, 4.69) is 24.0 Å². The van der Waals surface area contributed by atoms with Crippen LogP contribution in [0.5, 0.6) is 5.75 Å². The minimum absolute atomic E-state index is 0.554. The van der Waals surface area contributed by atoms with E-state index < -0.39 is 0 Å². The molecule has 0 radical (unpaired) electrons. The van der Waals surface area contributed by atoms with E-state index in [1.54, 1.807) is 7.11 Å². The minimum atomic E-state index is 0.554. The molecule has 0 aliphatic rings. The van der Waals surface area contributed by atoms with Crippen LogP contribution in [0.3, 0.4) is 0 Å². The van der Waals surface area contributed by atoms with Gasteiger partial charge in [-0.2, -0.15) is 0 Å². The third-order valence-electron chi connectivity index (χ3n) is 2.39. The van der Waals surface area contributed by atoms with Gasteiger partial charge in [0.25, 0.3) is 0 Å². The fraction of sp³-hybridized carbons (Fsp3) is 0.429. The molecule has 0 aliphatic heterocycles. The first-order valence-corrected chi connectivity index (χ1v) is 5.78. The van der Waals surface area contributed by atoms with Crippen molar-refractivity contribution < 1.29 is 9.47 Å². The van der Waals surface area contributed by atoms with E-state index in [4.69, 9.17) is 9.47 Å². The number of likely N-dealkylation sites (N-methyl/N-ethyl adjacent to an activating group) is 1. The Bertz CT molecular complexity index is 333. The molecule has 0 fully saturated rings. The molecule has 1 aromatic rings. The Morgan fingerprint density at radius 1 is 1.29 bits per heavy atom. The predicted octanol–water partition coefficient (Wildman–Crippen LogP) is 2.03. The van der Waals surface area contributed by atoms with Crippen LogP contribution in [-0.2, 0) is 11.2 Å². The zero-order valence-corrected chi connectivity index (χ0v) is 10.7. The van der Waals surface area contributed by atoms with Gasteiger partial charge in [0.15, 0.2) is 0 Å². The van der Waals surface area contributed by atoms with Gasteiger partial charge < -0.3 is 14.8 Å². The molecule has 3 heteroatoms. The molecule has 0 aromatic heterocycles. The highest BCUT2D eigenvalue weighted by molar-refractivity contribution is 5.27. The molecule has 94 valence electrons. The largest absolute Gasteiger partial charge is 0.489 e. The third kappa shape index (κ3) is 5.52. The lowest BCUT2D eigenvalue weighted by atomic mass is 10.1. The van der Waals surface area contributed by atoms with Gasteiger partial charge in [0.1, 0.15) is 12.4 Å². The molecule has 0 saturated heterocycles. The number of methoxy groups -OCH3 is 1. The zero-order chi connectivity index (χ0) is 12.5. The topological polar surface area (TPSA) is 30.5 Å². The maximum Gasteiger partial charge on any atom is 0.119 e. The van der Waals surface area contributed by atoms with Crippen LogP contribution in [0.25, 0.3) is 0 Å². The van der Waals surface area contributed by atoms with Crippen LogP contribution in [0.15, 0.2) is 36.4 Å². The van der Waals surface area contributed by atoms with Gasteiger partial charge >= 0.3 is 0 Å². The standard InChI is InChI=1S/C14H21NO2/c1-12(10-15-2)11-17-14-6-4-13(5-7-14)8-9-16-3/h4-7,15H,1,8-11H2,2-3H3. The Morgan fingerprint density at radius 2 is 2.00 bits per heavy atom. The summed E-state index contributed by atoms with van der Waals surface area (Å²) in [6.45, 7) is 6.00. The first kappa shape index (κ1) is 13.7. The molecule has 1 rings (SSSR count). The summed E-state index contributed by atoms with van der Waals surface area (Å²) in [5.74, 6) is 0.878. The number of ether oxygens (including phenoxy) is 2. The van der Waals surface area contributed by atoms with Crippen LogP contribution in [0, 0.1) is 0 Å². The lowest BCUT2D eigenvalue weighted by Crippen LogP contribution is -2.14. The summed E-state index contributed by atoms with van der Waals surface area (Å²) < 4.78 is 10.6. The third-order valence-corrected chi connectivity index (χ3v) is 2.39. The molecule has 3 nitrogen and oxygen atoms in total. The highest BCUT2D eigenvalue weighted by Gasteiger charge is 1.97. The number of benzene rings is 1. The fourth-order valence-electron chi connectivity index (χ4n) is 1.46. The van der Waals surface area contributed by atoms with Crippen molar-refractivity contribution in [1.82, 2.24) is 5.32 Å². The smallest absolute Gasteiger partial charge is 0.119 e. The van der Waals surface area contributed by atoms with Gasteiger partial charge in [0, 0.05) is 13.7 Å². The van der Waals surface area contributed by atoms with Gasteiger partial charge in [0.05, 0.1) is 6.61 Å². The van der Waals surface area contributed by atoms with Crippen molar-refractivity contribution in [1.29, 1.82) is 0 Å². The lowest BCUT2D eigenvalue weighted by Gasteiger charge is -2.09. The molecule has 0 saturated carbocycles. The Hall–Kier alpha value is -1.32. The second-order valence-corrected chi connectivity index (χ2v) is 3.96. The van der Waals surface area contributed by atoms with Gasteiger partial charge in [-0.3, -0.25) is 0 Å². The lowest BCUT2D eigenvalue weighted by molar-refractivity contribution is 0.202. The van der Waals surface area contributed by atoms with E-state index in [1.807, 2.05) is 19.2 Å². The summed E-state index contributed by atoms with van der Waals surface area (Å²) in [6, 6.07) is 8.10. The quantitative estimate of drug-likeness (QED) is 0.699. The molecule has 0 unspecified atom stereocenters. The fourth-order valence-corrected chi connectivity index (χ4v) is 1.46. The monoisotopic (exact) mass is 235 g/mol. The van der Waals surface area contributed by atoms with Crippen molar-refractivity contribution in [3.63, 3.8) is 0 Å². The second kappa shape index (κ2) is 7.87. The van der Waals surface area contributed by atoms with Crippen molar-refractivity contribution in [2.24, 2.45) is 0 Å². The van der Waals surface area contributed by atoms with E-state index in [0.717, 1.165) is 30.9 Å². The van der Waals surface area contributed by atoms with Crippen LogP contribution in [0.2, 0.25) is 0 Å². The van der Waals surface area contributed by atoms with E-state index in [-0.39, 0.29) is 0 Å². The van der Waals surface area contributed by atoms with E-state index in [9.17, 15) is 0 Å². The summed E-state index contributed by atoms with van der Waals surface area (Å²) in [7, 11) is 3.61. The number of nitrogens with one attached hydrogen (secondary N) is 1. The van der Waals surface area contributed by atoms with Crippen LogP contribution in [0.4, 0.5) is 0 Å². The molecule has 0 atom stereocenters. The van der Waals surface area contributed by atoms with Crippen molar-refractivity contribution >= 4 is 0 Å². The van der Waals surface area contributed by atoms with Crippen molar-refractivity contribution in [2.45, 2.75) is 6.42 Å². The first-order chi connectivity index (χ1) is 8.26. The normalized spacial score (nSPS) is 10.2. The van der Waals surface area contributed by atoms with Crippen LogP contribution in [0.1, 0.15) is 5.56 Å². The molecule has 1 aromatic carbocycles. The molecular formula is C14H21NO2. The van der Waals surface area contributed by atoms with Crippen molar-refractivity contribution in [3.8, 4) is 5.75 Å². The number of rotatable bonds is 8. The molecule has 0 aliphatic carbocycles. The van der Waals surface area contributed by atoms with Gasteiger partial charge in [-0.25, -0.2) is 0 Å². The van der Waals surface area contributed by atoms with Crippen molar-refractivity contribution in [2.75, 3.05) is 33.9 Å².